The van der Waals surface area contributed by atoms with Crippen LogP contribution in [0.3, 0.4) is 0 Å². The van der Waals surface area contributed by atoms with E-state index in [1.54, 1.807) is 4.90 Å². The normalized spacial score (nSPS) is 34.5. The van der Waals surface area contributed by atoms with E-state index in [2.05, 4.69) is 40.0 Å². The van der Waals surface area contributed by atoms with Crippen molar-refractivity contribution in [2.45, 2.75) is 68.3 Å². The van der Waals surface area contributed by atoms with Gasteiger partial charge in [-0.3, -0.25) is 0 Å². The van der Waals surface area contributed by atoms with Crippen molar-refractivity contribution in [3.63, 3.8) is 0 Å². The van der Waals surface area contributed by atoms with Gasteiger partial charge in [0, 0.05) is 0 Å². The summed E-state index contributed by atoms with van der Waals surface area (Å²) >= 11 is -0.943. The topological polar surface area (TPSA) is 69.3 Å². The number of halogens is 2. The zero-order valence-corrected chi connectivity index (χ0v) is 26.8. The molecular formula is C29H42I2N4O2. The van der Waals surface area contributed by atoms with Crippen LogP contribution in [0.1, 0.15) is 74.6 Å². The van der Waals surface area contributed by atoms with Gasteiger partial charge in [-0.05, 0) is 0 Å². The molecule has 7 rings (SSSR count). The number of hydrogen-bond acceptors (Lipinski definition) is 2. The van der Waals surface area contributed by atoms with Crippen molar-refractivity contribution in [2.24, 2.45) is 29.6 Å². The fourth-order valence-corrected chi connectivity index (χ4v) is 25.6. The minimum atomic E-state index is -1.17. The second-order valence-electron chi connectivity index (χ2n) is 12.3. The Bertz CT molecular complexity index is 1170. The molecule has 1 saturated heterocycles. The number of alkyl halides is 3. The van der Waals surface area contributed by atoms with E-state index < -0.39 is 15.8 Å². The van der Waals surface area contributed by atoms with Crippen molar-refractivity contribution in [1.29, 1.82) is 0 Å². The van der Waals surface area contributed by atoms with Crippen LogP contribution in [0.2, 0.25) is 0 Å². The Balaban J connectivity index is 1.22. The first-order valence-electron chi connectivity index (χ1n) is 14.1. The fraction of sp³-hybridized carbons (Fsp3) is 0.690. The number of aromatic nitrogens is 2. The molecule has 0 aromatic carbocycles. The fourth-order valence-electron chi connectivity index (χ4n) is 7.99. The molecule has 2 aromatic rings. The Morgan fingerprint density at radius 2 is 1.97 bits per heavy atom. The molecule has 37 heavy (non-hydrogen) atoms. The standard InChI is InChI=1S/C29H41I2N4O2/c1-19-23-14-20-13-21(15-23)17-29(19,16-20)33-27(36)26-32-24(25-8-4-5-12-35(25)26)18-31-11-9-22(7-6-10-30-31)28(37)34(2)3/h4-5,8,12,19-23H,6-7,9-11,13-18H2,1-3H3,(H,33,36)/q-1/p+1/t19-,20-,21+,22?,23?,29?/m1/s1. The van der Waals surface area contributed by atoms with Crippen molar-refractivity contribution in [1.82, 2.24) is 15.2 Å². The van der Waals surface area contributed by atoms with E-state index in [9.17, 15) is 9.59 Å². The molecule has 5 aliphatic rings. The van der Waals surface area contributed by atoms with Crippen LogP contribution in [0.4, 0.5) is 0 Å². The van der Waals surface area contributed by atoms with Crippen LogP contribution in [-0.4, -0.2) is 50.2 Å². The van der Waals surface area contributed by atoms with Gasteiger partial charge in [0.2, 0.25) is 0 Å². The molecule has 3 unspecified atom stereocenters. The Kier molecular flexibility index (Phi) is 7.52. The minimum absolute atomic E-state index is 0.0202. The quantitative estimate of drug-likeness (QED) is 0.279. The molecule has 4 saturated carbocycles. The molecule has 6 atom stereocenters. The summed E-state index contributed by atoms with van der Waals surface area (Å²) in [6, 6.07) is 6.30. The first kappa shape index (κ1) is 26.3. The number of hydrogen-bond donors (Lipinski definition) is 2. The molecule has 2 N–H and O–H groups in total. The molecular weight excluding hydrogens is 690 g/mol. The van der Waals surface area contributed by atoms with Gasteiger partial charge in [-0.25, -0.2) is 0 Å². The number of imidazole rings is 1. The van der Waals surface area contributed by atoms with E-state index in [1.807, 2.05) is 20.2 Å². The summed E-state index contributed by atoms with van der Waals surface area (Å²) in [7, 11) is 3.78. The number of carbonyl (C=O) groups is 2. The Morgan fingerprint density at radius 3 is 2.73 bits per heavy atom. The predicted octanol–water partition coefficient (Wildman–Crippen LogP) is 1.60. The van der Waals surface area contributed by atoms with Gasteiger partial charge in [-0.2, -0.15) is 0 Å². The van der Waals surface area contributed by atoms with Gasteiger partial charge in [0.1, 0.15) is 0 Å². The van der Waals surface area contributed by atoms with Crippen LogP contribution in [0.15, 0.2) is 24.4 Å². The Hall–Kier alpha value is -0.910. The number of aromatic amines is 1. The van der Waals surface area contributed by atoms with Crippen LogP contribution in [0.25, 0.3) is 5.52 Å². The summed E-state index contributed by atoms with van der Waals surface area (Å²) in [6.07, 6.45) is 11.8. The number of carbonyl (C=O) groups excluding carboxylic acids is 2. The number of pyridine rings is 1. The molecule has 0 radical (unpaired) electrons. The van der Waals surface area contributed by atoms with Crippen LogP contribution < -0.4 is 26.9 Å². The van der Waals surface area contributed by atoms with Crippen molar-refractivity contribution in [2.75, 3.05) is 23.0 Å². The van der Waals surface area contributed by atoms with Gasteiger partial charge in [-0.1, -0.05) is 0 Å². The number of fused-ring (bicyclic) bond motifs is 1. The van der Waals surface area contributed by atoms with E-state index >= 15 is 0 Å². The third-order valence-corrected chi connectivity index (χ3v) is 28.0. The van der Waals surface area contributed by atoms with E-state index in [4.69, 9.17) is 0 Å². The molecule has 1 aliphatic heterocycles. The van der Waals surface area contributed by atoms with Crippen LogP contribution >= 0.6 is 15.8 Å². The van der Waals surface area contributed by atoms with Crippen molar-refractivity contribution < 1.29 is 31.2 Å². The molecule has 204 valence electrons. The number of nitrogens with zero attached hydrogens (tertiary/aromatic N) is 2. The summed E-state index contributed by atoms with van der Waals surface area (Å²) in [5, 5.41) is 3.63. The SMILES string of the molecule is C[C@@H]1C2C[C@@H]3C[C@H](C2)CC1(NC(=O)c1[nH]c(CI2CCC(C(=O)N(C)C)CCC[I-]2)c2cccc[n+]12)C3. The van der Waals surface area contributed by atoms with E-state index in [0.29, 0.717) is 17.6 Å². The monoisotopic (exact) mass is 732 g/mol. The van der Waals surface area contributed by atoms with Crippen LogP contribution in [0, 0.1) is 29.6 Å². The molecule has 5 fully saturated rings. The van der Waals surface area contributed by atoms with Gasteiger partial charge in [0.05, 0.1) is 0 Å². The molecule has 6 nitrogen and oxygen atoms in total. The summed E-state index contributed by atoms with van der Waals surface area (Å²) in [4.78, 5) is 32.0. The maximum atomic E-state index is 13.9. The van der Waals surface area contributed by atoms with Gasteiger partial charge >= 0.3 is 236 Å². The molecule has 2 aromatic heterocycles. The summed E-state index contributed by atoms with van der Waals surface area (Å²) in [5.74, 6) is 4.26. The van der Waals surface area contributed by atoms with E-state index in [1.165, 1.54) is 40.2 Å². The van der Waals surface area contributed by atoms with Gasteiger partial charge in [0.25, 0.3) is 0 Å². The number of rotatable bonds is 5. The third-order valence-electron chi connectivity index (χ3n) is 9.71. The molecule has 2 amide bonds. The zero-order chi connectivity index (χ0) is 25.7. The first-order valence-corrected chi connectivity index (χ1v) is 25.0. The number of nitrogens with one attached hydrogen (secondary N) is 2. The predicted molar refractivity (Wildman–Crippen MR) is 150 cm³/mol. The van der Waals surface area contributed by atoms with E-state index in [-0.39, 0.29) is 34.6 Å². The summed E-state index contributed by atoms with van der Waals surface area (Å²) < 4.78 is 5.86. The Labute approximate surface area is 234 Å². The maximum absolute atomic E-state index is 13.9. The second-order valence-corrected chi connectivity index (χ2v) is 29.6. The van der Waals surface area contributed by atoms with E-state index in [0.717, 1.165) is 53.4 Å². The van der Waals surface area contributed by atoms with Gasteiger partial charge < -0.3 is 0 Å². The molecule has 4 aliphatic carbocycles. The first-order chi connectivity index (χ1) is 17.8. The van der Waals surface area contributed by atoms with Crippen LogP contribution in [0.5, 0.6) is 0 Å². The third kappa shape index (κ3) is 5.07. The van der Waals surface area contributed by atoms with Crippen molar-refractivity contribution >= 4 is 33.2 Å². The average molecular weight is 732 g/mol. The zero-order valence-electron chi connectivity index (χ0n) is 22.4. The second kappa shape index (κ2) is 10.6. The molecule has 4 bridgehead atoms. The number of amides is 2. The summed E-state index contributed by atoms with van der Waals surface area (Å²) in [5.41, 5.74) is 2.40. The van der Waals surface area contributed by atoms with Gasteiger partial charge in [0.15, 0.2) is 0 Å². The van der Waals surface area contributed by atoms with Crippen LogP contribution in [-0.2, 0) is 9.22 Å². The summed E-state index contributed by atoms with van der Waals surface area (Å²) in [6.45, 7) is 2.40. The van der Waals surface area contributed by atoms with Crippen molar-refractivity contribution in [3.8, 4) is 0 Å². The average Bonchev–Trinajstić information content (AvgIpc) is 3.22. The van der Waals surface area contributed by atoms with Gasteiger partial charge in [-0.15, -0.1) is 0 Å². The molecule has 0 spiro atoms. The number of H-pyrrole nitrogens is 1. The molecule has 3 heterocycles. The Morgan fingerprint density at radius 1 is 1.19 bits per heavy atom. The van der Waals surface area contributed by atoms with Crippen molar-refractivity contribution in [3.05, 3.63) is 35.9 Å². The molecule has 8 heteroatoms.